The maximum atomic E-state index is 13.0. The number of piperidine rings is 1. The molecule has 2 aliphatic rings. The third-order valence-electron chi connectivity index (χ3n) is 6.39. The van der Waals surface area contributed by atoms with E-state index < -0.39 is 0 Å². The van der Waals surface area contributed by atoms with Crippen molar-refractivity contribution in [2.75, 3.05) is 25.2 Å². The van der Waals surface area contributed by atoms with E-state index in [1.165, 1.54) is 24.8 Å². The summed E-state index contributed by atoms with van der Waals surface area (Å²) in [5.74, 6) is 0.993. The van der Waals surface area contributed by atoms with Crippen LogP contribution < -0.4 is 14.8 Å². The third-order valence-corrected chi connectivity index (χ3v) is 6.39. The smallest absolute Gasteiger partial charge is 0.276 e. The number of aromatic amines is 1. The molecule has 0 atom stereocenters. The number of benzene rings is 2. The largest absolute Gasteiger partial charge is 0.454 e. The summed E-state index contributed by atoms with van der Waals surface area (Å²) in [5.41, 5.74) is 4.99. The van der Waals surface area contributed by atoms with Crippen LogP contribution >= 0.6 is 0 Å². The van der Waals surface area contributed by atoms with Crippen LogP contribution in [-0.2, 0) is 6.54 Å². The van der Waals surface area contributed by atoms with Gasteiger partial charge in [-0.1, -0.05) is 12.5 Å². The molecule has 1 amide bonds. The lowest BCUT2D eigenvalue weighted by atomic mass is 10.0. The van der Waals surface area contributed by atoms with Gasteiger partial charge in [-0.3, -0.25) is 19.8 Å². The van der Waals surface area contributed by atoms with E-state index in [1.54, 1.807) is 18.2 Å². The van der Waals surface area contributed by atoms with Gasteiger partial charge in [0.2, 0.25) is 6.79 Å². The number of likely N-dealkylation sites (tertiary alicyclic amines) is 1. The van der Waals surface area contributed by atoms with Crippen LogP contribution in [0.15, 0.2) is 54.9 Å². The average molecular weight is 456 g/mol. The minimum absolute atomic E-state index is 0.188. The molecule has 4 heterocycles. The molecule has 2 N–H and O–H groups in total. The van der Waals surface area contributed by atoms with E-state index in [0.717, 1.165) is 41.7 Å². The van der Waals surface area contributed by atoms with Crippen LogP contribution in [0.4, 0.5) is 5.69 Å². The normalized spacial score (nSPS) is 15.5. The Kier molecular flexibility index (Phi) is 5.35. The monoisotopic (exact) mass is 455 g/mol. The molecule has 6 rings (SSSR count). The van der Waals surface area contributed by atoms with Crippen molar-refractivity contribution in [2.45, 2.75) is 25.8 Å². The molecule has 2 aromatic heterocycles. The zero-order valence-corrected chi connectivity index (χ0v) is 18.7. The Balaban J connectivity index is 1.25. The van der Waals surface area contributed by atoms with Crippen molar-refractivity contribution >= 4 is 22.5 Å². The fourth-order valence-electron chi connectivity index (χ4n) is 4.64. The third kappa shape index (κ3) is 4.08. The number of nitrogens with one attached hydrogen (secondary N) is 2. The van der Waals surface area contributed by atoms with Gasteiger partial charge in [0.25, 0.3) is 5.91 Å². The predicted octanol–water partition coefficient (Wildman–Crippen LogP) is 4.59. The first-order valence-corrected chi connectivity index (χ1v) is 11.6. The highest BCUT2D eigenvalue weighted by Crippen LogP contribution is 2.34. The molecule has 0 radical (unpaired) electrons. The van der Waals surface area contributed by atoms with Crippen molar-refractivity contribution in [1.82, 2.24) is 20.1 Å². The fourth-order valence-corrected chi connectivity index (χ4v) is 4.64. The molecule has 34 heavy (non-hydrogen) atoms. The number of aromatic nitrogens is 3. The summed E-state index contributed by atoms with van der Waals surface area (Å²) in [7, 11) is 0. The zero-order chi connectivity index (χ0) is 22.9. The first-order valence-electron chi connectivity index (χ1n) is 11.6. The van der Waals surface area contributed by atoms with Gasteiger partial charge in [-0.05, 0) is 67.4 Å². The summed E-state index contributed by atoms with van der Waals surface area (Å²) in [4.78, 5) is 20.0. The summed E-state index contributed by atoms with van der Waals surface area (Å²) in [5, 5.41) is 10.9. The van der Waals surface area contributed by atoms with Crippen molar-refractivity contribution in [1.29, 1.82) is 0 Å². The van der Waals surface area contributed by atoms with Gasteiger partial charge in [-0.25, -0.2) is 0 Å². The SMILES string of the molecule is O=C(Nc1ccc2c(c1)OCO2)c1n[nH]c2ccc(-c3cncc(CN4CCCCC4)c3)cc12. The lowest BCUT2D eigenvalue weighted by molar-refractivity contribution is 0.102. The quantitative estimate of drug-likeness (QED) is 0.457. The van der Waals surface area contributed by atoms with Crippen LogP contribution in [0.3, 0.4) is 0 Å². The van der Waals surface area contributed by atoms with Gasteiger partial charge in [0.15, 0.2) is 17.2 Å². The molecule has 8 nitrogen and oxygen atoms in total. The second-order valence-electron chi connectivity index (χ2n) is 8.77. The Bertz CT molecular complexity index is 1360. The number of ether oxygens (including phenoxy) is 2. The number of amides is 1. The molecule has 0 aliphatic carbocycles. The lowest BCUT2D eigenvalue weighted by Crippen LogP contribution is -2.29. The number of carbonyl (C=O) groups is 1. The van der Waals surface area contributed by atoms with Gasteiger partial charge in [-0.15, -0.1) is 0 Å². The van der Waals surface area contributed by atoms with Crippen LogP contribution in [0, 0.1) is 0 Å². The van der Waals surface area contributed by atoms with Gasteiger partial charge < -0.3 is 14.8 Å². The number of hydrogen-bond donors (Lipinski definition) is 2. The standard InChI is InChI=1S/C26H25N5O3/c32-26(28-20-5-7-23-24(12-20)34-16-33-23)25-21-11-18(4-6-22(21)29-30-25)19-10-17(13-27-14-19)15-31-8-2-1-3-9-31/h4-7,10-14H,1-3,8-9,15-16H2,(H,28,32)(H,29,30). The molecule has 4 aromatic rings. The number of nitrogens with zero attached hydrogens (tertiary/aromatic N) is 3. The van der Waals surface area contributed by atoms with E-state index in [2.05, 4.69) is 31.5 Å². The molecule has 1 saturated heterocycles. The van der Waals surface area contributed by atoms with Gasteiger partial charge in [0.05, 0.1) is 5.52 Å². The van der Waals surface area contributed by atoms with Crippen LogP contribution in [0.5, 0.6) is 11.5 Å². The molecule has 0 bridgehead atoms. The van der Waals surface area contributed by atoms with E-state index in [4.69, 9.17) is 9.47 Å². The highest BCUT2D eigenvalue weighted by molar-refractivity contribution is 6.11. The maximum Gasteiger partial charge on any atom is 0.276 e. The van der Waals surface area contributed by atoms with Gasteiger partial charge in [0, 0.05) is 41.6 Å². The molecule has 8 heteroatoms. The summed E-state index contributed by atoms with van der Waals surface area (Å²) < 4.78 is 10.7. The number of anilines is 1. The molecular formula is C26H25N5O3. The van der Waals surface area contributed by atoms with Crippen molar-refractivity contribution in [3.05, 3.63) is 66.1 Å². The fraction of sp³-hybridized carbons (Fsp3) is 0.269. The molecule has 2 aliphatic heterocycles. The van der Waals surface area contributed by atoms with Crippen LogP contribution in [0.1, 0.15) is 35.3 Å². The number of carbonyl (C=O) groups excluding carboxylic acids is 1. The number of pyridine rings is 1. The second kappa shape index (κ2) is 8.79. The topological polar surface area (TPSA) is 92.4 Å². The van der Waals surface area contributed by atoms with Gasteiger partial charge >= 0.3 is 0 Å². The van der Waals surface area contributed by atoms with E-state index in [9.17, 15) is 4.79 Å². The minimum Gasteiger partial charge on any atom is -0.454 e. The Morgan fingerprint density at radius 1 is 0.971 bits per heavy atom. The van der Waals surface area contributed by atoms with Gasteiger partial charge in [-0.2, -0.15) is 5.10 Å². The van der Waals surface area contributed by atoms with Crippen molar-refractivity contribution < 1.29 is 14.3 Å². The first kappa shape index (κ1) is 20.7. The lowest BCUT2D eigenvalue weighted by Gasteiger charge is -2.26. The van der Waals surface area contributed by atoms with E-state index >= 15 is 0 Å². The van der Waals surface area contributed by atoms with Crippen LogP contribution in [-0.4, -0.2) is 45.9 Å². The maximum absolute atomic E-state index is 13.0. The molecule has 0 unspecified atom stereocenters. The first-order chi connectivity index (χ1) is 16.7. The van der Waals surface area contributed by atoms with E-state index in [-0.39, 0.29) is 12.7 Å². The number of H-pyrrole nitrogens is 1. The summed E-state index contributed by atoms with van der Waals surface area (Å²) in [6.07, 6.45) is 7.67. The van der Waals surface area contributed by atoms with Crippen LogP contribution in [0.2, 0.25) is 0 Å². The molecule has 0 spiro atoms. The van der Waals surface area contributed by atoms with E-state index in [0.29, 0.717) is 22.9 Å². The summed E-state index contributed by atoms with van der Waals surface area (Å²) in [6, 6.07) is 13.5. The Morgan fingerprint density at radius 3 is 2.76 bits per heavy atom. The molecule has 0 saturated carbocycles. The Labute approximate surface area is 196 Å². The number of hydrogen-bond acceptors (Lipinski definition) is 6. The average Bonchev–Trinajstić information content (AvgIpc) is 3.51. The minimum atomic E-state index is -0.292. The van der Waals surface area contributed by atoms with Crippen LogP contribution in [0.25, 0.3) is 22.0 Å². The zero-order valence-electron chi connectivity index (χ0n) is 18.7. The van der Waals surface area contributed by atoms with E-state index in [1.807, 2.05) is 30.6 Å². The molecular weight excluding hydrogens is 430 g/mol. The number of rotatable bonds is 5. The summed E-state index contributed by atoms with van der Waals surface area (Å²) >= 11 is 0. The Morgan fingerprint density at radius 2 is 1.85 bits per heavy atom. The summed E-state index contributed by atoms with van der Waals surface area (Å²) in [6.45, 7) is 3.39. The molecule has 1 fully saturated rings. The molecule has 2 aromatic carbocycles. The van der Waals surface area contributed by atoms with Crippen molar-refractivity contribution in [3.63, 3.8) is 0 Å². The Hall–Kier alpha value is -3.91. The van der Waals surface area contributed by atoms with Gasteiger partial charge in [0.1, 0.15) is 0 Å². The highest BCUT2D eigenvalue weighted by Gasteiger charge is 2.18. The second-order valence-corrected chi connectivity index (χ2v) is 8.77. The number of fused-ring (bicyclic) bond motifs is 2. The highest BCUT2D eigenvalue weighted by atomic mass is 16.7. The predicted molar refractivity (Wildman–Crippen MR) is 129 cm³/mol. The van der Waals surface area contributed by atoms with Crippen molar-refractivity contribution in [2.24, 2.45) is 0 Å². The van der Waals surface area contributed by atoms with Crippen molar-refractivity contribution in [3.8, 4) is 22.6 Å². The molecule has 172 valence electrons.